The van der Waals surface area contributed by atoms with Gasteiger partial charge in [0, 0.05) is 0 Å². The highest BCUT2D eigenvalue weighted by Crippen LogP contribution is 2.34. The molecule has 0 atom stereocenters. The van der Waals surface area contributed by atoms with E-state index in [1.165, 1.54) is 43.2 Å². The van der Waals surface area contributed by atoms with Crippen molar-refractivity contribution in [3.05, 3.63) is 54.1 Å². The molecule has 0 saturated carbocycles. The van der Waals surface area contributed by atoms with Crippen molar-refractivity contribution in [2.75, 3.05) is 19.5 Å². The molecule has 0 spiro atoms. The summed E-state index contributed by atoms with van der Waals surface area (Å²) in [5.74, 6) is 0.925. The zero-order valence-corrected chi connectivity index (χ0v) is 14.6. The van der Waals surface area contributed by atoms with Crippen molar-refractivity contribution in [1.82, 2.24) is 25.5 Å². The Morgan fingerprint density at radius 2 is 1.93 bits per heavy atom. The maximum atomic E-state index is 13.1. The Kier molecular flexibility index (Phi) is 5.45. The molecule has 140 valence electrons. The van der Waals surface area contributed by atoms with Gasteiger partial charge in [-0.25, -0.2) is 9.18 Å². The van der Waals surface area contributed by atoms with Gasteiger partial charge in [0.2, 0.25) is 0 Å². The zero-order chi connectivity index (χ0) is 19.2. The number of tetrazole rings is 1. The Bertz CT molecular complexity index is 929. The Morgan fingerprint density at radius 1 is 1.15 bits per heavy atom. The summed E-state index contributed by atoms with van der Waals surface area (Å²) in [6.45, 7) is 0.0580. The fourth-order valence-electron chi connectivity index (χ4n) is 2.41. The van der Waals surface area contributed by atoms with E-state index in [1.54, 1.807) is 18.2 Å². The monoisotopic (exact) mass is 372 g/mol. The van der Waals surface area contributed by atoms with Gasteiger partial charge < -0.3 is 20.1 Å². The van der Waals surface area contributed by atoms with Gasteiger partial charge in [0.05, 0.1) is 32.1 Å². The number of halogens is 1. The van der Waals surface area contributed by atoms with E-state index in [9.17, 15) is 9.18 Å². The lowest BCUT2D eigenvalue weighted by atomic mass is 10.2. The summed E-state index contributed by atoms with van der Waals surface area (Å²) >= 11 is 0. The molecule has 2 amide bonds. The van der Waals surface area contributed by atoms with E-state index in [1.807, 2.05) is 0 Å². The minimum atomic E-state index is -0.477. The highest BCUT2D eigenvalue weighted by Gasteiger charge is 2.14. The Hall–Kier alpha value is -3.69. The first-order chi connectivity index (χ1) is 13.1. The molecule has 2 aromatic carbocycles. The molecule has 3 aromatic rings. The van der Waals surface area contributed by atoms with E-state index in [0.29, 0.717) is 28.7 Å². The van der Waals surface area contributed by atoms with Crippen molar-refractivity contribution < 1.29 is 18.7 Å². The summed E-state index contributed by atoms with van der Waals surface area (Å²) in [6.07, 6.45) is 0. The van der Waals surface area contributed by atoms with Gasteiger partial charge in [0.25, 0.3) is 0 Å². The maximum Gasteiger partial charge on any atom is 0.319 e. The second-order valence-corrected chi connectivity index (χ2v) is 5.33. The first-order valence-corrected chi connectivity index (χ1v) is 7.91. The number of hydrogen-bond donors (Lipinski definition) is 2. The largest absolute Gasteiger partial charge is 0.493 e. The van der Waals surface area contributed by atoms with Gasteiger partial charge in [-0.1, -0.05) is 6.07 Å². The number of nitrogens with one attached hydrogen (secondary N) is 2. The standard InChI is InChI=1S/C17H17FN6O3/c1-26-14-5-3-4-13(16(14)27-2)20-17(25)19-10-15-21-22-23-24(15)12-8-6-11(18)7-9-12/h3-9H,10H2,1-2H3,(H2,19,20,25). The van der Waals surface area contributed by atoms with Crippen molar-refractivity contribution >= 4 is 11.7 Å². The predicted molar refractivity (Wildman–Crippen MR) is 94.5 cm³/mol. The lowest BCUT2D eigenvalue weighted by Crippen LogP contribution is -2.29. The van der Waals surface area contributed by atoms with Crippen LogP contribution in [-0.4, -0.2) is 40.5 Å². The molecule has 0 aliphatic rings. The van der Waals surface area contributed by atoms with Crippen molar-refractivity contribution in [3.63, 3.8) is 0 Å². The molecular weight excluding hydrogens is 355 g/mol. The molecule has 2 N–H and O–H groups in total. The van der Waals surface area contributed by atoms with E-state index >= 15 is 0 Å². The molecule has 0 fully saturated rings. The second kappa shape index (κ2) is 8.13. The molecule has 0 bridgehead atoms. The van der Waals surface area contributed by atoms with Gasteiger partial charge in [-0.3, -0.25) is 0 Å². The summed E-state index contributed by atoms with van der Waals surface area (Å²) in [4.78, 5) is 12.2. The molecule has 27 heavy (non-hydrogen) atoms. The summed E-state index contributed by atoms with van der Waals surface area (Å²) in [5.41, 5.74) is 1.03. The van der Waals surface area contributed by atoms with Gasteiger partial charge in [-0.15, -0.1) is 5.10 Å². The van der Waals surface area contributed by atoms with E-state index in [-0.39, 0.29) is 12.4 Å². The van der Waals surface area contributed by atoms with Crippen LogP contribution in [0.25, 0.3) is 5.69 Å². The lowest BCUT2D eigenvalue weighted by Gasteiger charge is -2.13. The molecule has 0 aliphatic carbocycles. The second-order valence-electron chi connectivity index (χ2n) is 5.33. The number of carbonyl (C=O) groups excluding carboxylic acids is 1. The topological polar surface area (TPSA) is 103 Å². The molecule has 0 radical (unpaired) electrons. The maximum absolute atomic E-state index is 13.1. The minimum Gasteiger partial charge on any atom is -0.493 e. The van der Waals surface area contributed by atoms with Crippen molar-refractivity contribution in [2.24, 2.45) is 0 Å². The van der Waals surface area contributed by atoms with Crippen molar-refractivity contribution in [1.29, 1.82) is 0 Å². The third-order valence-electron chi connectivity index (χ3n) is 3.66. The van der Waals surface area contributed by atoms with Crippen LogP contribution >= 0.6 is 0 Å². The van der Waals surface area contributed by atoms with Crippen LogP contribution in [0.5, 0.6) is 11.5 Å². The summed E-state index contributed by atoms with van der Waals surface area (Å²) in [7, 11) is 2.99. The number of hydrogen-bond acceptors (Lipinski definition) is 6. The van der Waals surface area contributed by atoms with Crippen molar-refractivity contribution in [2.45, 2.75) is 6.54 Å². The number of nitrogens with zero attached hydrogens (tertiary/aromatic N) is 4. The van der Waals surface area contributed by atoms with Crippen LogP contribution in [0.15, 0.2) is 42.5 Å². The van der Waals surface area contributed by atoms with E-state index in [4.69, 9.17) is 9.47 Å². The zero-order valence-electron chi connectivity index (χ0n) is 14.6. The molecule has 3 rings (SSSR count). The first-order valence-electron chi connectivity index (χ1n) is 7.91. The number of methoxy groups -OCH3 is 2. The van der Waals surface area contributed by atoms with Crippen LogP contribution in [0.1, 0.15) is 5.82 Å². The lowest BCUT2D eigenvalue weighted by molar-refractivity contribution is 0.251. The summed E-state index contributed by atoms with van der Waals surface area (Å²) < 4.78 is 24.9. The predicted octanol–water partition coefficient (Wildman–Crippen LogP) is 2.14. The number of ether oxygens (including phenoxy) is 2. The van der Waals surface area contributed by atoms with E-state index in [0.717, 1.165) is 0 Å². The van der Waals surface area contributed by atoms with Crippen LogP contribution in [0.2, 0.25) is 0 Å². The van der Waals surface area contributed by atoms with Crippen molar-refractivity contribution in [3.8, 4) is 17.2 Å². The number of aromatic nitrogens is 4. The van der Waals surface area contributed by atoms with Crippen LogP contribution in [0.3, 0.4) is 0 Å². The molecule has 1 heterocycles. The molecule has 0 saturated heterocycles. The van der Waals surface area contributed by atoms with Gasteiger partial charge in [0.15, 0.2) is 17.3 Å². The van der Waals surface area contributed by atoms with Gasteiger partial charge >= 0.3 is 6.03 Å². The molecule has 1 aromatic heterocycles. The fraction of sp³-hybridized carbons (Fsp3) is 0.176. The van der Waals surface area contributed by atoms with Gasteiger partial charge in [-0.2, -0.15) is 4.68 Å². The van der Waals surface area contributed by atoms with Crippen LogP contribution in [-0.2, 0) is 6.54 Å². The summed E-state index contributed by atoms with van der Waals surface area (Å²) in [6, 6.07) is 10.3. The van der Waals surface area contributed by atoms with Crippen LogP contribution in [0.4, 0.5) is 14.9 Å². The third-order valence-corrected chi connectivity index (χ3v) is 3.66. The number of carbonyl (C=O) groups is 1. The summed E-state index contributed by atoms with van der Waals surface area (Å²) in [5, 5.41) is 16.7. The number of para-hydroxylation sites is 1. The average molecular weight is 372 g/mol. The third kappa shape index (κ3) is 4.11. The molecule has 9 nitrogen and oxygen atoms in total. The quantitative estimate of drug-likeness (QED) is 0.687. The van der Waals surface area contributed by atoms with Gasteiger partial charge in [-0.05, 0) is 46.8 Å². The van der Waals surface area contributed by atoms with Gasteiger partial charge in [0.1, 0.15) is 5.82 Å². The first kappa shape index (κ1) is 18.1. The smallest absolute Gasteiger partial charge is 0.319 e. The highest BCUT2D eigenvalue weighted by atomic mass is 19.1. The number of amides is 2. The normalized spacial score (nSPS) is 10.3. The molecule has 0 aliphatic heterocycles. The Labute approximate surface area is 154 Å². The molecule has 0 unspecified atom stereocenters. The van der Waals surface area contributed by atoms with E-state index in [2.05, 4.69) is 26.2 Å². The van der Waals surface area contributed by atoms with Crippen LogP contribution < -0.4 is 20.1 Å². The number of urea groups is 1. The SMILES string of the molecule is COc1cccc(NC(=O)NCc2nnnn2-c2ccc(F)cc2)c1OC. The molecule has 10 heteroatoms. The Balaban J connectivity index is 1.67. The highest BCUT2D eigenvalue weighted by molar-refractivity contribution is 5.91. The number of benzene rings is 2. The molecular formula is C17H17FN6O3. The Morgan fingerprint density at radius 3 is 2.63 bits per heavy atom. The van der Waals surface area contributed by atoms with Crippen LogP contribution in [0, 0.1) is 5.82 Å². The number of anilines is 1. The fourth-order valence-corrected chi connectivity index (χ4v) is 2.41. The average Bonchev–Trinajstić information content (AvgIpc) is 3.15. The van der Waals surface area contributed by atoms with E-state index < -0.39 is 6.03 Å². The minimum absolute atomic E-state index is 0.0580. The number of rotatable bonds is 6.